The highest BCUT2D eigenvalue weighted by Crippen LogP contribution is 1.91. The molecule has 0 spiro atoms. The van der Waals surface area contributed by atoms with E-state index in [-0.39, 0.29) is 30.5 Å². The summed E-state index contributed by atoms with van der Waals surface area (Å²) in [6.45, 7) is 0. The highest BCUT2D eigenvalue weighted by molar-refractivity contribution is 6.37. The van der Waals surface area contributed by atoms with E-state index >= 15 is 0 Å². The van der Waals surface area contributed by atoms with Crippen molar-refractivity contribution in [2.45, 2.75) is 6.42 Å². The van der Waals surface area contributed by atoms with Crippen LogP contribution in [0.4, 0.5) is 0 Å². The molecular formula is C4H4ClNO2. The second kappa shape index (κ2) is 2.57. The number of Topliss-reactive ketones (excluding diaryl/α,β-unsaturated/α-hetero) is 1. The molecule has 0 aliphatic carbocycles. The van der Waals surface area contributed by atoms with Crippen LogP contribution < -0.4 is 0 Å². The standard InChI is InChI=1S/C4H3NO2.ClH/c6-3-1-4(7)5-2-3;/h2H,1H2;1H. The van der Waals surface area contributed by atoms with Crippen molar-refractivity contribution < 1.29 is 9.59 Å². The summed E-state index contributed by atoms with van der Waals surface area (Å²) in [5.74, 6) is -0.519. The Hall–Kier alpha value is -0.700. The number of nitrogens with zero attached hydrogens (tertiary/aromatic N) is 1. The summed E-state index contributed by atoms with van der Waals surface area (Å²) in [7, 11) is 0. The van der Waals surface area contributed by atoms with Gasteiger partial charge in [0.1, 0.15) is 0 Å². The molecule has 44 valence electrons. The van der Waals surface area contributed by atoms with Crippen LogP contribution in [0.15, 0.2) is 4.99 Å². The number of halogens is 1. The Morgan fingerprint density at radius 3 is 2.25 bits per heavy atom. The average molecular weight is 134 g/mol. The molecule has 1 aliphatic heterocycles. The van der Waals surface area contributed by atoms with Crippen molar-refractivity contribution in [3.63, 3.8) is 0 Å². The molecule has 1 rings (SSSR count). The van der Waals surface area contributed by atoms with E-state index in [1.54, 1.807) is 0 Å². The molecular weight excluding hydrogens is 130 g/mol. The maximum absolute atomic E-state index is 10.1. The quantitative estimate of drug-likeness (QED) is 0.436. The van der Waals surface area contributed by atoms with E-state index in [0.29, 0.717) is 0 Å². The van der Waals surface area contributed by atoms with Gasteiger partial charge in [-0.25, -0.2) is 4.99 Å². The van der Waals surface area contributed by atoms with Gasteiger partial charge in [0.25, 0.3) is 5.91 Å². The van der Waals surface area contributed by atoms with Crippen molar-refractivity contribution in [1.82, 2.24) is 0 Å². The fourth-order valence-electron chi connectivity index (χ4n) is 0.384. The number of ketones is 1. The van der Waals surface area contributed by atoms with Gasteiger partial charge >= 0.3 is 0 Å². The predicted octanol–water partition coefficient (Wildman–Crippen LogP) is -0.0216. The average Bonchev–Trinajstić information content (AvgIpc) is 1.87. The number of hydrogen-bond donors (Lipinski definition) is 0. The lowest BCUT2D eigenvalue weighted by Gasteiger charge is -1.69. The lowest BCUT2D eigenvalue weighted by atomic mass is 10.3. The van der Waals surface area contributed by atoms with E-state index in [4.69, 9.17) is 0 Å². The number of hydrogen-bond acceptors (Lipinski definition) is 2. The summed E-state index contributed by atoms with van der Waals surface area (Å²) in [6.07, 6.45) is 1.03. The summed E-state index contributed by atoms with van der Waals surface area (Å²) < 4.78 is 0. The minimum atomic E-state index is -0.329. The van der Waals surface area contributed by atoms with Crippen LogP contribution in [0.1, 0.15) is 6.42 Å². The van der Waals surface area contributed by atoms with Gasteiger partial charge < -0.3 is 0 Å². The Kier molecular flexibility index (Phi) is 2.34. The first-order chi connectivity index (χ1) is 3.29. The van der Waals surface area contributed by atoms with Gasteiger partial charge in [0.15, 0.2) is 5.78 Å². The molecule has 0 N–H and O–H groups in total. The summed E-state index contributed by atoms with van der Waals surface area (Å²) in [6, 6.07) is 0. The molecule has 8 heavy (non-hydrogen) atoms. The number of carbonyl (C=O) groups is 2. The maximum Gasteiger partial charge on any atom is 0.253 e. The first-order valence-corrected chi connectivity index (χ1v) is 1.89. The van der Waals surface area contributed by atoms with E-state index in [0.717, 1.165) is 6.21 Å². The van der Waals surface area contributed by atoms with Crippen molar-refractivity contribution >= 4 is 30.3 Å². The molecule has 0 bridgehead atoms. The Morgan fingerprint density at radius 1 is 1.50 bits per heavy atom. The van der Waals surface area contributed by atoms with Gasteiger partial charge in [0.05, 0.1) is 12.6 Å². The number of amides is 1. The molecule has 0 aromatic carbocycles. The van der Waals surface area contributed by atoms with Crippen molar-refractivity contribution in [3.8, 4) is 0 Å². The van der Waals surface area contributed by atoms with Gasteiger partial charge in [-0.05, 0) is 0 Å². The van der Waals surface area contributed by atoms with Crippen molar-refractivity contribution in [2.24, 2.45) is 4.99 Å². The van der Waals surface area contributed by atoms with Crippen molar-refractivity contribution in [2.75, 3.05) is 0 Å². The third-order valence-corrected chi connectivity index (χ3v) is 0.678. The first kappa shape index (κ1) is 7.30. The Balaban J connectivity index is 0.000000490. The molecule has 3 nitrogen and oxygen atoms in total. The smallest absolute Gasteiger partial charge is 0.253 e. The van der Waals surface area contributed by atoms with Crippen molar-refractivity contribution in [3.05, 3.63) is 0 Å². The SMILES string of the molecule is Cl.O=C1C=NC(=O)C1. The Labute approximate surface area is 52.2 Å². The Morgan fingerprint density at radius 2 is 2.12 bits per heavy atom. The number of rotatable bonds is 0. The first-order valence-electron chi connectivity index (χ1n) is 1.89. The molecule has 1 amide bonds. The van der Waals surface area contributed by atoms with Gasteiger partial charge in [-0.1, -0.05) is 0 Å². The second-order valence-corrected chi connectivity index (χ2v) is 1.30. The topological polar surface area (TPSA) is 46.5 Å². The van der Waals surface area contributed by atoms with Crippen LogP contribution in [0.3, 0.4) is 0 Å². The van der Waals surface area contributed by atoms with E-state index in [9.17, 15) is 9.59 Å². The molecule has 0 aromatic rings. The number of carbonyl (C=O) groups excluding carboxylic acids is 2. The zero-order valence-electron chi connectivity index (χ0n) is 3.96. The summed E-state index contributed by atoms with van der Waals surface area (Å²) in [5, 5.41) is 0. The minimum Gasteiger partial charge on any atom is -0.293 e. The second-order valence-electron chi connectivity index (χ2n) is 1.30. The monoisotopic (exact) mass is 133 g/mol. The normalized spacial score (nSPS) is 16.5. The van der Waals surface area contributed by atoms with Gasteiger partial charge in [0, 0.05) is 0 Å². The molecule has 0 unspecified atom stereocenters. The molecule has 0 saturated heterocycles. The summed E-state index contributed by atoms with van der Waals surface area (Å²) >= 11 is 0. The fourth-order valence-corrected chi connectivity index (χ4v) is 0.384. The molecule has 4 heteroatoms. The predicted molar refractivity (Wildman–Crippen MR) is 30.4 cm³/mol. The van der Waals surface area contributed by atoms with E-state index in [2.05, 4.69) is 4.99 Å². The fraction of sp³-hybridized carbons (Fsp3) is 0.250. The van der Waals surface area contributed by atoms with Crippen LogP contribution in [0.2, 0.25) is 0 Å². The zero-order chi connectivity index (χ0) is 5.28. The highest BCUT2D eigenvalue weighted by atomic mass is 35.5. The lowest BCUT2D eigenvalue weighted by Crippen LogP contribution is -1.93. The maximum atomic E-state index is 10.1. The van der Waals surface area contributed by atoms with Crippen LogP contribution in [0, 0.1) is 0 Å². The molecule has 1 aliphatic rings. The Bertz CT molecular complexity index is 136. The molecule has 0 saturated carbocycles. The zero-order valence-corrected chi connectivity index (χ0v) is 4.77. The molecule has 0 atom stereocenters. The van der Waals surface area contributed by atoms with Crippen LogP contribution >= 0.6 is 12.4 Å². The minimum absolute atomic E-state index is 0. The third-order valence-electron chi connectivity index (χ3n) is 0.678. The molecule has 1 heterocycles. The largest absolute Gasteiger partial charge is 0.293 e. The van der Waals surface area contributed by atoms with Gasteiger partial charge in [-0.3, -0.25) is 9.59 Å². The van der Waals surface area contributed by atoms with Crippen LogP contribution in [-0.2, 0) is 9.59 Å². The summed E-state index contributed by atoms with van der Waals surface area (Å²) in [4.78, 5) is 23.3. The van der Waals surface area contributed by atoms with Crippen LogP contribution in [0.25, 0.3) is 0 Å². The lowest BCUT2D eigenvalue weighted by molar-refractivity contribution is -0.121. The van der Waals surface area contributed by atoms with Crippen LogP contribution in [-0.4, -0.2) is 17.9 Å². The molecule has 0 fully saturated rings. The molecule has 0 aromatic heterocycles. The van der Waals surface area contributed by atoms with Gasteiger partial charge in [0.2, 0.25) is 0 Å². The van der Waals surface area contributed by atoms with E-state index in [1.807, 2.05) is 0 Å². The van der Waals surface area contributed by atoms with Gasteiger partial charge in [-0.15, -0.1) is 12.4 Å². The third kappa shape index (κ3) is 1.42. The highest BCUT2D eigenvalue weighted by Gasteiger charge is 2.11. The van der Waals surface area contributed by atoms with Crippen LogP contribution in [0.5, 0.6) is 0 Å². The van der Waals surface area contributed by atoms with Gasteiger partial charge in [-0.2, -0.15) is 0 Å². The van der Waals surface area contributed by atoms with Crippen molar-refractivity contribution in [1.29, 1.82) is 0 Å². The summed E-state index contributed by atoms with van der Waals surface area (Å²) in [5.41, 5.74) is 0. The van der Waals surface area contributed by atoms with E-state index in [1.165, 1.54) is 0 Å². The number of aliphatic imine (C=N–C) groups is 1. The van der Waals surface area contributed by atoms with E-state index < -0.39 is 0 Å². The molecule has 0 radical (unpaired) electrons.